The lowest BCUT2D eigenvalue weighted by Gasteiger charge is -2.05. The monoisotopic (exact) mass is 257 g/mol. The number of aromatic amines is 2. The second-order valence-electron chi connectivity index (χ2n) is 3.61. The van der Waals surface area contributed by atoms with Crippen molar-refractivity contribution in [2.24, 2.45) is 5.73 Å². The van der Waals surface area contributed by atoms with E-state index in [4.69, 9.17) is 10.8 Å². The molecule has 0 saturated heterocycles. The summed E-state index contributed by atoms with van der Waals surface area (Å²) in [5, 5.41) is 8.67. The Morgan fingerprint density at radius 1 is 1.35 bits per heavy atom. The number of hydrogen-bond donors (Lipinski definition) is 4. The average molecular weight is 258 g/mol. The van der Waals surface area contributed by atoms with Crippen LogP contribution >= 0.6 is 12.4 Å². The smallest absolute Gasteiger partial charge is 0.323 e. The third kappa shape index (κ3) is 2.86. The molecular weight excluding hydrogens is 246 g/mol. The number of hydrogen-bond acceptors (Lipinski definition) is 3. The second-order valence-corrected chi connectivity index (χ2v) is 3.61. The standard InChI is InChI=1S/C10H11N3O3.ClH/c11-6(9(14)15)3-5-1-2-7-8(4-5)13-10(16)12-7;/h1-2,4,6H,3,11H2,(H,14,15)(H2,12,13,16);1H. The molecule has 5 N–H and O–H groups in total. The van der Waals surface area contributed by atoms with Crippen molar-refractivity contribution in [3.63, 3.8) is 0 Å². The highest BCUT2D eigenvalue weighted by atomic mass is 35.5. The number of halogens is 1. The fourth-order valence-electron chi connectivity index (χ4n) is 1.55. The van der Waals surface area contributed by atoms with Crippen LogP contribution in [0.5, 0.6) is 0 Å². The van der Waals surface area contributed by atoms with E-state index >= 15 is 0 Å². The van der Waals surface area contributed by atoms with Crippen LogP contribution in [0.25, 0.3) is 11.0 Å². The molecule has 2 rings (SSSR count). The summed E-state index contributed by atoms with van der Waals surface area (Å²) in [6.07, 6.45) is 0.235. The molecule has 1 unspecified atom stereocenters. The molecule has 0 aliphatic heterocycles. The molecule has 0 saturated carbocycles. The third-order valence-corrected chi connectivity index (χ3v) is 2.35. The minimum Gasteiger partial charge on any atom is -0.480 e. The Bertz CT molecular complexity index is 590. The van der Waals surface area contributed by atoms with Crippen LogP contribution in [0.4, 0.5) is 0 Å². The summed E-state index contributed by atoms with van der Waals surface area (Å²) in [6, 6.07) is 4.25. The topological polar surface area (TPSA) is 112 Å². The van der Waals surface area contributed by atoms with E-state index in [0.717, 1.165) is 5.56 Å². The van der Waals surface area contributed by atoms with Gasteiger partial charge in [-0.3, -0.25) is 4.79 Å². The zero-order valence-corrected chi connectivity index (χ0v) is 9.58. The van der Waals surface area contributed by atoms with Gasteiger partial charge in [0.25, 0.3) is 0 Å². The number of imidazole rings is 1. The van der Waals surface area contributed by atoms with Crippen LogP contribution in [0.1, 0.15) is 5.56 Å². The number of rotatable bonds is 3. The quantitative estimate of drug-likeness (QED) is 0.631. The lowest BCUT2D eigenvalue weighted by atomic mass is 10.1. The second kappa shape index (κ2) is 5.03. The summed E-state index contributed by atoms with van der Waals surface area (Å²) >= 11 is 0. The highest BCUT2D eigenvalue weighted by molar-refractivity contribution is 5.85. The van der Waals surface area contributed by atoms with Crippen molar-refractivity contribution >= 4 is 29.4 Å². The van der Waals surface area contributed by atoms with Crippen molar-refractivity contribution in [3.05, 3.63) is 34.2 Å². The third-order valence-electron chi connectivity index (χ3n) is 2.35. The highest BCUT2D eigenvalue weighted by Crippen LogP contribution is 2.11. The van der Waals surface area contributed by atoms with Crippen molar-refractivity contribution in [3.8, 4) is 0 Å². The zero-order chi connectivity index (χ0) is 11.7. The van der Waals surface area contributed by atoms with Crippen molar-refractivity contribution in [2.75, 3.05) is 0 Å². The summed E-state index contributed by atoms with van der Waals surface area (Å²) in [7, 11) is 0. The number of carbonyl (C=O) groups is 1. The molecule has 0 radical (unpaired) electrons. The fourth-order valence-corrected chi connectivity index (χ4v) is 1.55. The van der Waals surface area contributed by atoms with Gasteiger partial charge in [0.05, 0.1) is 11.0 Å². The van der Waals surface area contributed by atoms with Crippen LogP contribution in [0, 0.1) is 0 Å². The summed E-state index contributed by atoms with van der Waals surface area (Å²) in [5.74, 6) is -1.04. The van der Waals surface area contributed by atoms with Gasteiger partial charge >= 0.3 is 11.7 Å². The van der Waals surface area contributed by atoms with E-state index in [-0.39, 0.29) is 24.5 Å². The predicted molar refractivity (Wildman–Crippen MR) is 65.5 cm³/mol. The summed E-state index contributed by atoms with van der Waals surface area (Å²) in [5.41, 5.74) is 7.26. The van der Waals surface area contributed by atoms with Gasteiger partial charge in [-0.25, -0.2) is 4.79 Å². The molecule has 1 aromatic carbocycles. The molecule has 0 aliphatic rings. The van der Waals surface area contributed by atoms with Crippen LogP contribution in [-0.2, 0) is 11.2 Å². The Balaban J connectivity index is 0.00000144. The van der Waals surface area contributed by atoms with E-state index in [9.17, 15) is 9.59 Å². The average Bonchev–Trinajstić information content (AvgIpc) is 2.57. The first-order chi connectivity index (χ1) is 7.56. The van der Waals surface area contributed by atoms with Gasteiger partial charge in [-0.05, 0) is 24.1 Å². The van der Waals surface area contributed by atoms with Crippen molar-refractivity contribution in [1.29, 1.82) is 0 Å². The number of nitrogens with one attached hydrogen (secondary N) is 2. The molecule has 0 spiro atoms. The lowest BCUT2D eigenvalue weighted by molar-refractivity contribution is -0.138. The number of benzene rings is 1. The fraction of sp³-hybridized carbons (Fsp3) is 0.200. The van der Waals surface area contributed by atoms with Crippen LogP contribution in [-0.4, -0.2) is 27.1 Å². The molecule has 6 nitrogen and oxygen atoms in total. The predicted octanol–water partition coefficient (Wildman–Crippen LogP) is 0.232. The molecule has 0 amide bonds. The molecule has 0 fully saturated rings. The largest absolute Gasteiger partial charge is 0.480 e. The van der Waals surface area contributed by atoms with Crippen LogP contribution in [0.15, 0.2) is 23.0 Å². The van der Waals surface area contributed by atoms with Gasteiger partial charge in [0.2, 0.25) is 0 Å². The molecule has 1 atom stereocenters. The molecule has 2 aromatic rings. The maximum absolute atomic E-state index is 11.0. The number of fused-ring (bicyclic) bond motifs is 1. The molecule has 7 heteroatoms. The number of H-pyrrole nitrogens is 2. The number of carboxylic acid groups (broad SMARTS) is 1. The van der Waals surface area contributed by atoms with Gasteiger partial charge < -0.3 is 20.8 Å². The first-order valence-electron chi connectivity index (χ1n) is 4.75. The maximum Gasteiger partial charge on any atom is 0.323 e. The normalized spacial score (nSPS) is 12.1. The maximum atomic E-state index is 11.0. The van der Waals surface area contributed by atoms with Crippen LogP contribution in [0.3, 0.4) is 0 Å². The molecule has 0 aliphatic carbocycles. The Hall–Kier alpha value is -1.79. The van der Waals surface area contributed by atoms with E-state index in [0.29, 0.717) is 11.0 Å². The van der Waals surface area contributed by atoms with E-state index in [1.807, 2.05) is 0 Å². The first kappa shape index (κ1) is 13.3. The van der Waals surface area contributed by atoms with E-state index < -0.39 is 12.0 Å². The molecule has 0 bridgehead atoms. The minimum atomic E-state index is -1.04. The van der Waals surface area contributed by atoms with Crippen molar-refractivity contribution in [1.82, 2.24) is 9.97 Å². The van der Waals surface area contributed by atoms with E-state index in [2.05, 4.69) is 9.97 Å². The summed E-state index contributed by atoms with van der Waals surface area (Å²) in [6.45, 7) is 0. The Morgan fingerprint density at radius 2 is 2.00 bits per heavy atom. The number of aliphatic carboxylic acids is 1. The van der Waals surface area contributed by atoms with Gasteiger partial charge in [0.15, 0.2) is 0 Å². The SMILES string of the molecule is Cl.NC(Cc1ccc2[nH]c(=O)[nH]c2c1)C(=O)O. The highest BCUT2D eigenvalue weighted by Gasteiger charge is 2.12. The molecule has 1 heterocycles. The molecular formula is C10H12ClN3O3. The molecule has 17 heavy (non-hydrogen) atoms. The number of carboxylic acids is 1. The van der Waals surface area contributed by atoms with Crippen molar-refractivity contribution in [2.45, 2.75) is 12.5 Å². The van der Waals surface area contributed by atoms with Gasteiger partial charge in [-0.1, -0.05) is 6.07 Å². The Morgan fingerprint density at radius 3 is 2.65 bits per heavy atom. The Labute approximate surface area is 102 Å². The van der Waals surface area contributed by atoms with Gasteiger partial charge in [-0.15, -0.1) is 12.4 Å². The van der Waals surface area contributed by atoms with Gasteiger partial charge in [0, 0.05) is 0 Å². The summed E-state index contributed by atoms with van der Waals surface area (Å²) < 4.78 is 0. The van der Waals surface area contributed by atoms with E-state index in [1.165, 1.54) is 0 Å². The van der Waals surface area contributed by atoms with Crippen LogP contribution in [0.2, 0.25) is 0 Å². The van der Waals surface area contributed by atoms with Gasteiger partial charge in [0.1, 0.15) is 6.04 Å². The molecule has 92 valence electrons. The van der Waals surface area contributed by atoms with Gasteiger partial charge in [-0.2, -0.15) is 0 Å². The summed E-state index contributed by atoms with van der Waals surface area (Å²) in [4.78, 5) is 26.8. The Kier molecular flexibility index (Phi) is 3.93. The van der Waals surface area contributed by atoms with Crippen molar-refractivity contribution < 1.29 is 9.90 Å². The lowest BCUT2D eigenvalue weighted by Crippen LogP contribution is -2.32. The number of aromatic nitrogens is 2. The van der Waals surface area contributed by atoms with Crippen LogP contribution < -0.4 is 11.4 Å². The molecule has 1 aromatic heterocycles. The van der Waals surface area contributed by atoms with E-state index in [1.54, 1.807) is 18.2 Å². The first-order valence-corrected chi connectivity index (χ1v) is 4.75. The minimum absolute atomic E-state index is 0. The number of nitrogens with two attached hydrogens (primary N) is 1. The zero-order valence-electron chi connectivity index (χ0n) is 8.77.